The van der Waals surface area contributed by atoms with Gasteiger partial charge in [0.05, 0.1) is 5.69 Å². The van der Waals surface area contributed by atoms with E-state index in [0.717, 1.165) is 51.1 Å². The maximum atomic E-state index is 12.7. The Hall–Kier alpha value is -2.04. The van der Waals surface area contributed by atoms with Crippen LogP contribution in [0.5, 0.6) is 0 Å². The van der Waals surface area contributed by atoms with Crippen molar-refractivity contribution < 1.29 is 4.79 Å². The highest BCUT2D eigenvalue weighted by molar-refractivity contribution is 6.30. The predicted molar refractivity (Wildman–Crippen MR) is 115 cm³/mol. The number of piperidine rings is 1. The lowest BCUT2D eigenvalue weighted by molar-refractivity contribution is 0.0664. The lowest BCUT2D eigenvalue weighted by atomic mass is 9.96. The van der Waals surface area contributed by atoms with Gasteiger partial charge >= 0.3 is 0 Å². The lowest BCUT2D eigenvalue weighted by Crippen LogP contribution is -2.45. The molecule has 4 rings (SSSR count). The molecule has 0 spiro atoms. The van der Waals surface area contributed by atoms with E-state index in [0.29, 0.717) is 10.9 Å². The van der Waals surface area contributed by atoms with Crippen LogP contribution < -0.4 is 5.01 Å². The second kappa shape index (κ2) is 8.14. The largest absolute Gasteiger partial charge is 0.339 e. The molecule has 0 unspecified atom stereocenters. The molecule has 4 nitrogen and oxygen atoms in total. The molecule has 1 amide bonds. The summed E-state index contributed by atoms with van der Waals surface area (Å²) in [6, 6.07) is 13.8. The Morgan fingerprint density at radius 2 is 1.82 bits per heavy atom. The van der Waals surface area contributed by atoms with E-state index in [1.807, 2.05) is 17.0 Å². The molecule has 1 fully saturated rings. The Morgan fingerprint density at radius 3 is 2.50 bits per heavy atom. The fraction of sp³-hybridized carbons (Fsp3) is 0.435. The number of hydrazine groups is 1. The zero-order chi connectivity index (χ0) is 19.7. The minimum atomic E-state index is 0.120. The topological polar surface area (TPSA) is 26.8 Å². The Labute approximate surface area is 172 Å². The number of nitrogens with zero attached hydrogens (tertiary/aromatic N) is 3. The van der Waals surface area contributed by atoms with E-state index in [4.69, 9.17) is 11.6 Å². The number of hydrogen-bond donors (Lipinski definition) is 0. The van der Waals surface area contributed by atoms with Crippen molar-refractivity contribution >= 4 is 23.2 Å². The van der Waals surface area contributed by atoms with E-state index in [2.05, 4.69) is 42.1 Å². The number of rotatable bonds is 4. The average molecular weight is 398 g/mol. The number of halogens is 1. The molecule has 1 saturated heterocycles. The summed E-state index contributed by atoms with van der Waals surface area (Å²) in [4.78, 5) is 14.7. The number of likely N-dealkylation sites (tertiary alicyclic amines) is 1. The first-order chi connectivity index (χ1) is 13.6. The molecule has 0 radical (unpaired) electrons. The van der Waals surface area contributed by atoms with Gasteiger partial charge in [0.1, 0.15) is 0 Å². The molecule has 0 N–H and O–H groups in total. The van der Waals surface area contributed by atoms with Crippen molar-refractivity contribution in [2.75, 3.05) is 31.2 Å². The minimum absolute atomic E-state index is 0.120. The van der Waals surface area contributed by atoms with Crippen LogP contribution in [0.3, 0.4) is 0 Å². The van der Waals surface area contributed by atoms with Crippen LogP contribution in [-0.2, 0) is 6.54 Å². The summed E-state index contributed by atoms with van der Waals surface area (Å²) in [5.41, 5.74) is 4.92. The van der Waals surface area contributed by atoms with Gasteiger partial charge in [-0.15, -0.1) is 0 Å². The number of anilines is 1. The van der Waals surface area contributed by atoms with Crippen LogP contribution in [0.15, 0.2) is 42.5 Å². The lowest BCUT2D eigenvalue weighted by Gasteiger charge is -2.37. The summed E-state index contributed by atoms with van der Waals surface area (Å²) >= 11 is 5.94. The molecule has 0 aliphatic carbocycles. The van der Waals surface area contributed by atoms with Crippen LogP contribution in [0.25, 0.3) is 0 Å². The van der Waals surface area contributed by atoms with Crippen molar-refractivity contribution in [1.29, 1.82) is 0 Å². The van der Waals surface area contributed by atoms with Crippen molar-refractivity contribution in [3.8, 4) is 0 Å². The van der Waals surface area contributed by atoms with Gasteiger partial charge < -0.3 is 9.91 Å². The molecule has 2 aliphatic rings. The molecule has 2 aromatic rings. The molecule has 28 heavy (non-hydrogen) atoms. The number of amides is 1. The smallest absolute Gasteiger partial charge is 0.253 e. The highest BCUT2D eigenvalue weighted by Gasteiger charge is 2.31. The van der Waals surface area contributed by atoms with Gasteiger partial charge in [-0.3, -0.25) is 4.79 Å². The Bertz CT molecular complexity index is 843. The van der Waals surface area contributed by atoms with Crippen molar-refractivity contribution in [2.24, 2.45) is 5.92 Å². The van der Waals surface area contributed by atoms with E-state index in [9.17, 15) is 4.79 Å². The van der Waals surface area contributed by atoms with Crippen molar-refractivity contribution in [1.82, 2.24) is 9.91 Å². The van der Waals surface area contributed by atoms with Gasteiger partial charge in [-0.25, -0.2) is 5.01 Å². The fourth-order valence-electron chi connectivity index (χ4n) is 4.48. The van der Waals surface area contributed by atoms with Gasteiger partial charge in [0, 0.05) is 43.3 Å². The van der Waals surface area contributed by atoms with E-state index in [1.165, 1.54) is 16.8 Å². The molecule has 5 heteroatoms. The van der Waals surface area contributed by atoms with Gasteiger partial charge in [0.2, 0.25) is 0 Å². The maximum Gasteiger partial charge on any atom is 0.253 e. The van der Waals surface area contributed by atoms with Crippen LogP contribution in [0.1, 0.15) is 41.3 Å². The molecule has 2 aromatic carbocycles. The second-order valence-corrected chi connectivity index (χ2v) is 8.31. The SMILES string of the molecule is CCN1c2cccc(C)c2CN1CC1CCN(C(=O)c2ccc(Cl)cc2)CC1. The van der Waals surface area contributed by atoms with Gasteiger partial charge in [-0.2, -0.15) is 0 Å². The zero-order valence-corrected chi connectivity index (χ0v) is 17.5. The molecule has 148 valence electrons. The molecule has 2 heterocycles. The summed E-state index contributed by atoms with van der Waals surface area (Å²) in [6.45, 7) is 9.14. The quantitative estimate of drug-likeness (QED) is 0.744. The zero-order valence-electron chi connectivity index (χ0n) is 16.7. The summed E-state index contributed by atoms with van der Waals surface area (Å²) in [7, 11) is 0. The predicted octanol–water partition coefficient (Wildman–Crippen LogP) is 4.76. The van der Waals surface area contributed by atoms with Gasteiger partial charge in [-0.05, 0) is 74.1 Å². The van der Waals surface area contributed by atoms with Crippen LogP contribution in [0, 0.1) is 12.8 Å². The first-order valence-electron chi connectivity index (χ1n) is 10.2. The number of carbonyl (C=O) groups is 1. The van der Waals surface area contributed by atoms with E-state index in [-0.39, 0.29) is 5.91 Å². The molecule has 2 aliphatic heterocycles. The maximum absolute atomic E-state index is 12.7. The molecular weight excluding hydrogens is 370 g/mol. The third kappa shape index (κ3) is 3.76. The molecule has 0 bridgehead atoms. The van der Waals surface area contributed by atoms with Crippen molar-refractivity contribution in [2.45, 2.75) is 33.2 Å². The Morgan fingerprint density at radius 1 is 1.11 bits per heavy atom. The van der Waals surface area contributed by atoms with Crippen molar-refractivity contribution in [3.63, 3.8) is 0 Å². The number of aryl methyl sites for hydroxylation is 1. The molecular formula is C23H28ClN3O. The minimum Gasteiger partial charge on any atom is -0.339 e. The first-order valence-corrected chi connectivity index (χ1v) is 10.6. The third-order valence-electron chi connectivity index (χ3n) is 6.11. The highest BCUT2D eigenvalue weighted by atomic mass is 35.5. The van der Waals surface area contributed by atoms with Crippen LogP contribution in [0.2, 0.25) is 5.02 Å². The Balaban J connectivity index is 1.35. The molecule has 0 aromatic heterocycles. The summed E-state index contributed by atoms with van der Waals surface area (Å²) in [5.74, 6) is 0.743. The number of fused-ring (bicyclic) bond motifs is 1. The fourth-order valence-corrected chi connectivity index (χ4v) is 4.61. The normalized spacial score (nSPS) is 17.8. The number of benzene rings is 2. The summed E-state index contributed by atoms with van der Waals surface area (Å²) < 4.78 is 0. The monoisotopic (exact) mass is 397 g/mol. The first kappa shape index (κ1) is 19.3. The summed E-state index contributed by atoms with van der Waals surface area (Å²) in [5, 5.41) is 5.59. The molecule has 0 saturated carbocycles. The van der Waals surface area contributed by atoms with Crippen molar-refractivity contribution in [3.05, 3.63) is 64.2 Å². The number of hydrogen-bond acceptors (Lipinski definition) is 3. The standard InChI is InChI=1S/C23H28ClN3O/c1-3-27-22-6-4-5-17(2)21(22)16-26(27)15-18-11-13-25(14-12-18)23(28)19-7-9-20(24)10-8-19/h4-10,18H,3,11-16H2,1-2H3. The number of carbonyl (C=O) groups excluding carboxylic acids is 1. The second-order valence-electron chi connectivity index (χ2n) is 7.88. The highest BCUT2D eigenvalue weighted by Crippen LogP contribution is 2.34. The van der Waals surface area contributed by atoms with Crippen LogP contribution >= 0.6 is 11.6 Å². The molecule has 0 atom stereocenters. The van der Waals surface area contributed by atoms with Crippen LogP contribution in [-0.4, -0.2) is 42.0 Å². The van der Waals surface area contributed by atoms with Crippen LogP contribution in [0.4, 0.5) is 5.69 Å². The van der Waals surface area contributed by atoms with Gasteiger partial charge in [0.15, 0.2) is 0 Å². The Kier molecular flexibility index (Phi) is 5.61. The van der Waals surface area contributed by atoms with E-state index >= 15 is 0 Å². The average Bonchev–Trinajstić information content (AvgIpc) is 3.07. The van der Waals surface area contributed by atoms with Gasteiger partial charge in [-0.1, -0.05) is 23.7 Å². The van der Waals surface area contributed by atoms with E-state index < -0.39 is 0 Å². The summed E-state index contributed by atoms with van der Waals surface area (Å²) in [6.07, 6.45) is 2.12. The van der Waals surface area contributed by atoms with Gasteiger partial charge in [0.25, 0.3) is 5.91 Å². The van der Waals surface area contributed by atoms with E-state index in [1.54, 1.807) is 12.1 Å². The third-order valence-corrected chi connectivity index (χ3v) is 6.36.